The maximum Gasteiger partial charge on any atom is 0.127 e. The molecule has 2 N–H and O–H groups in total. The first-order valence-electron chi connectivity index (χ1n) is 6.57. The lowest BCUT2D eigenvalue weighted by Gasteiger charge is -2.48. The molecule has 1 saturated carbocycles. The molecule has 1 aromatic carbocycles. The number of benzene rings is 1. The molecule has 0 radical (unpaired) electrons. The molecule has 1 nitrogen and oxygen atoms in total. The van der Waals surface area contributed by atoms with Crippen LogP contribution in [-0.4, -0.2) is 5.54 Å². The second-order valence-electron chi connectivity index (χ2n) is 6.16. The Balaban J connectivity index is 2.26. The van der Waals surface area contributed by atoms with Gasteiger partial charge in [-0.15, -0.1) is 0 Å². The van der Waals surface area contributed by atoms with Crippen LogP contribution in [0.1, 0.15) is 45.1 Å². The fourth-order valence-electron chi connectivity index (χ4n) is 2.93. The van der Waals surface area contributed by atoms with Crippen molar-refractivity contribution in [2.45, 2.75) is 51.5 Å². The lowest BCUT2D eigenvalue weighted by Crippen LogP contribution is -2.56. The van der Waals surface area contributed by atoms with Crippen LogP contribution < -0.4 is 5.73 Å². The Labute approximate surface area is 114 Å². The van der Waals surface area contributed by atoms with Crippen LogP contribution in [0.3, 0.4) is 0 Å². The molecule has 0 aromatic heterocycles. The van der Waals surface area contributed by atoms with E-state index < -0.39 is 0 Å². The van der Waals surface area contributed by atoms with Crippen LogP contribution in [0, 0.1) is 11.2 Å². The summed E-state index contributed by atoms with van der Waals surface area (Å²) in [5.74, 6) is -0.242. The van der Waals surface area contributed by atoms with Crippen molar-refractivity contribution in [2.24, 2.45) is 11.1 Å². The Bertz CT molecular complexity index is 444. The van der Waals surface area contributed by atoms with Crippen molar-refractivity contribution >= 4 is 11.6 Å². The monoisotopic (exact) mass is 269 g/mol. The molecular weight excluding hydrogens is 249 g/mol. The van der Waals surface area contributed by atoms with Crippen molar-refractivity contribution in [3.8, 4) is 0 Å². The van der Waals surface area contributed by atoms with Crippen LogP contribution in [-0.2, 0) is 6.42 Å². The van der Waals surface area contributed by atoms with Gasteiger partial charge < -0.3 is 5.73 Å². The van der Waals surface area contributed by atoms with Gasteiger partial charge in [0, 0.05) is 10.6 Å². The Hall–Kier alpha value is -0.600. The third-order valence-electron chi connectivity index (χ3n) is 4.54. The molecule has 1 aromatic rings. The number of nitrogens with two attached hydrogens (primary N) is 1. The van der Waals surface area contributed by atoms with Gasteiger partial charge in [0.25, 0.3) is 0 Å². The molecule has 0 bridgehead atoms. The molecule has 100 valence electrons. The smallest absolute Gasteiger partial charge is 0.127 e. The molecule has 0 spiro atoms. The summed E-state index contributed by atoms with van der Waals surface area (Å²) in [5.41, 5.74) is 6.99. The molecule has 2 rings (SSSR count). The molecule has 18 heavy (non-hydrogen) atoms. The third-order valence-corrected chi connectivity index (χ3v) is 4.78. The normalized spacial score (nSPS) is 27.2. The summed E-state index contributed by atoms with van der Waals surface area (Å²) in [6.45, 7) is 4.39. The van der Waals surface area contributed by atoms with Gasteiger partial charge in [0.2, 0.25) is 0 Å². The standard InChI is InChI=1S/C15H21ClFN/c1-14(2)7-3-4-8-15(14,18)10-11-5-6-12(16)9-13(11)17/h5-6,9H,3-4,7-8,10,18H2,1-2H3. The number of halogens is 2. The molecule has 1 unspecified atom stereocenters. The van der Waals surface area contributed by atoms with Crippen molar-refractivity contribution in [3.63, 3.8) is 0 Å². The highest BCUT2D eigenvalue weighted by Gasteiger charge is 2.43. The first-order chi connectivity index (χ1) is 8.34. The number of rotatable bonds is 2. The number of hydrogen-bond acceptors (Lipinski definition) is 1. The van der Waals surface area contributed by atoms with Crippen LogP contribution in [0.15, 0.2) is 18.2 Å². The summed E-state index contributed by atoms with van der Waals surface area (Å²) in [4.78, 5) is 0. The lowest BCUT2D eigenvalue weighted by atomic mass is 9.61. The minimum Gasteiger partial charge on any atom is -0.324 e. The molecule has 0 heterocycles. The molecule has 1 aliphatic carbocycles. The Morgan fingerprint density at radius 3 is 2.56 bits per heavy atom. The largest absolute Gasteiger partial charge is 0.324 e. The van der Waals surface area contributed by atoms with Crippen molar-refractivity contribution < 1.29 is 4.39 Å². The van der Waals surface area contributed by atoms with E-state index in [4.69, 9.17) is 17.3 Å². The maximum absolute atomic E-state index is 13.9. The van der Waals surface area contributed by atoms with Gasteiger partial charge in [0.15, 0.2) is 0 Å². The van der Waals surface area contributed by atoms with Crippen LogP contribution in [0.25, 0.3) is 0 Å². The van der Waals surface area contributed by atoms with E-state index in [0.717, 1.165) is 19.3 Å². The van der Waals surface area contributed by atoms with Crippen LogP contribution in [0.2, 0.25) is 5.02 Å². The maximum atomic E-state index is 13.9. The summed E-state index contributed by atoms with van der Waals surface area (Å²) >= 11 is 5.78. The molecule has 3 heteroatoms. The van der Waals surface area contributed by atoms with E-state index in [-0.39, 0.29) is 16.8 Å². The summed E-state index contributed by atoms with van der Waals surface area (Å²) in [6, 6.07) is 4.87. The molecule has 1 atom stereocenters. The van der Waals surface area contributed by atoms with Gasteiger partial charge in [0.05, 0.1) is 0 Å². The lowest BCUT2D eigenvalue weighted by molar-refractivity contribution is 0.0982. The van der Waals surface area contributed by atoms with Crippen LogP contribution in [0.4, 0.5) is 4.39 Å². The second-order valence-corrected chi connectivity index (χ2v) is 6.60. The van der Waals surface area contributed by atoms with Crippen molar-refractivity contribution in [2.75, 3.05) is 0 Å². The van der Waals surface area contributed by atoms with Gasteiger partial charge in [-0.3, -0.25) is 0 Å². The predicted octanol–water partition coefficient (Wildman–Crippen LogP) is 4.32. The van der Waals surface area contributed by atoms with Gasteiger partial charge >= 0.3 is 0 Å². The molecule has 1 fully saturated rings. The average Bonchev–Trinajstić information content (AvgIpc) is 2.27. The summed E-state index contributed by atoms with van der Waals surface area (Å²) in [7, 11) is 0. The average molecular weight is 270 g/mol. The van der Waals surface area contributed by atoms with E-state index in [2.05, 4.69) is 13.8 Å². The number of hydrogen-bond donors (Lipinski definition) is 1. The highest BCUT2D eigenvalue weighted by atomic mass is 35.5. The highest BCUT2D eigenvalue weighted by Crippen LogP contribution is 2.44. The topological polar surface area (TPSA) is 26.0 Å². The molecule has 0 amide bonds. The Morgan fingerprint density at radius 2 is 1.94 bits per heavy atom. The molecular formula is C15H21ClFN. The van der Waals surface area contributed by atoms with Gasteiger partial charge in [-0.25, -0.2) is 4.39 Å². The highest BCUT2D eigenvalue weighted by molar-refractivity contribution is 6.30. The fraction of sp³-hybridized carbons (Fsp3) is 0.600. The van der Waals surface area contributed by atoms with Crippen molar-refractivity contribution in [1.29, 1.82) is 0 Å². The summed E-state index contributed by atoms with van der Waals surface area (Å²) in [6.07, 6.45) is 5.01. The van der Waals surface area contributed by atoms with Crippen molar-refractivity contribution in [3.05, 3.63) is 34.6 Å². The van der Waals surface area contributed by atoms with E-state index in [1.807, 2.05) is 0 Å². The molecule has 0 aliphatic heterocycles. The predicted molar refractivity (Wildman–Crippen MR) is 74.3 cm³/mol. The minimum absolute atomic E-state index is 0.0529. The van der Waals surface area contributed by atoms with E-state index in [1.165, 1.54) is 12.5 Å². The minimum atomic E-state index is -0.320. The zero-order valence-electron chi connectivity index (χ0n) is 11.1. The van der Waals surface area contributed by atoms with Gasteiger partial charge in [0.1, 0.15) is 5.82 Å². The summed E-state index contributed by atoms with van der Waals surface area (Å²) < 4.78 is 13.9. The fourth-order valence-corrected chi connectivity index (χ4v) is 3.09. The van der Waals surface area contributed by atoms with E-state index in [9.17, 15) is 4.39 Å². The van der Waals surface area contributed by atoms with E-state index >= 15 is 0 Å². The third kappa shape index (κ3) is 2.55. The first-order valence-corrected chi connectivity index (χ1v) is 6.95. The van der Waals surface area contributed by atoms with Gasteiger partial charge in [-0.2, -0.15) is 0 Å². The Morgan fingerprint density at radius 1 is 1.28 bits per heavy atom. The zero-order valence-corrected chi connectivity index (χ0v) is 11.9. The van der Waals surface area contributed by atoms with Gasteiger partial charge in [-0.1, -0.05) is 44.4 Å². The van der Waals surface area contributed by atoms with Crippen LogP contribution >= 0.6 is 11.6 Å². The first kappa shape index (κ1) is 13.8. The van der Waals surface area contributed by atoms with Crippen LogP contribution in [0.5, 0.6) is 0 Å². The zero-order chi connectivity index (χ0) is 13.4. The second kappa shape index (κ2) is 4.82. The summed E-state index contributed by atoms with van der Waals surface area (Å²) in [5, 5.41) is 0.435. The van der Waals surface area contributed by atoms with Crippen molar-refractivity contribution in [1.82, 2.24) is 0 Å². The SMILES string of the molecule is CC1(C)CCCCC1(N)Cc1ccc(Cl)cc1F. The van der Waals surface area contributed by atoms with Gasteiger partial charge in [-0.05, 0) is 42.4 Å². The molecule has 0 saturated heterocycles. The quantitative estimate of drug-likeness (QED) is 0.850. The molecule has 1 aliphatic rings. The van der Waals surface area contributed by atoms with E-state index in [0.29, 0.717) is 17.0 Å². The Kier molecular flexibility index (Phi) is 3.70. The van der Waals surface area contributed by atoms with E-state index in [1.54, 1.807) is 12.1 Å².